The number of nitrogens with zero attached hydrogens (tertiary/aromatic N) is 1. The molecule has 1 aromatic heterocycles. The first kappa shape index (κ1) is 17.5. The second-order valence-electron chi connectivity index (χ2n) is 5.31. The summed E-state index contributed by atoms with van der Waals surface area (Å²) in [6.45, 7) is 0. The minimum Gasteiger partial charge on any atom is -0.497 e. The maximum atomic E-state index is 12.7. The van der Waals surface area contributed by atoms with E-state index in [1.807, 2.05) is 0 Å². The van der Waals surface area contributed by atoms with Crippen LogP contribution in [0.2, 0.25) is 5.02 Å². The summed E-state index contributed by atoms with van der Waals surface area (Å²) in [6, 6.07) is 12.8. The van der Waals surface area contributed by atoms with E-state index < -0.39 is 17.2 Å². The molecule has 132 valence electrons. The van der Waals surface area contributed by atoms with Gasteiger partial charge >= 0.3 is 5.69 Å². The summed E-state index contributed by atoms with van der Waals surface area (Å²) < 4.78 is 5.98. The standard InChI is InChI=1S/C18H14ClN3O4/c1-26-14-4-2-3-13(9-14)22-17(24)15(10-20-18(22)25)16(23)21-12-7-5-11(19)6-8-12/h2-10H,1H3,(H,20,25)(H,21,23). The molecular weight excluding hydrogens is 358 g/mol. The molecule has 2 N–H and O–H groups in total. The predicted octanol–water partition coefficient (Wildman–Crippen LogP) is 2.44. The normalized spacial score (nSPS) is 10.4. The molecule has 0 fully saturated rings. The summed E-state index contributed by atoms with van der Waals surface area (Å²) >= 11 is 5.81. The quantitative estimate of drug-likeness (QED) is 0.736. The Bertz CT molecular complexity index is 1070. The van der Waals surface area contributed by atoms with Gasteiger partial charge in [-0.15, -0.1) is 0 Å². The van der Waals surface area contributed by atoms with Crippen molar-refractivity contribution in [2.45, 2.75) is 0 Å². The van der Waals surface area contributed by atoms with Crippen LogP contribution in [0, 0.1) is 0 Å². The van der Waals surface area contributed by atoms with Crippen LogP contribution in [0.3, 0.4) is 0 Å². The van der Waals surface area contributed by atoms with Crippen LogP contribution in [0.25, 0.3) is 5.69 Å². The molecule has 0 saturated carbocycles. The number of anilines is 1. The number of carbonyl (C=O) groups excluding carboxylic acids is 1. The number of H-pyrrole nitrogens is 1. The molecule has 0 spiro atoms. The highest BCUT2D eigenvalue weighted by molar-refractivity contribution is 6.30. The number of ether oxygens (including phenoxy) is 1. The molecule has 0 unspecified atom stereocenters. The van der Waals surface area contributed by atoms with E-state index in [2.05, 4.69) is 10.3 Å². The molecule has 7 nitrogen and oxygen atoms in total. The first-order valence-electron chi connectivity index (χ1n) is 7.55. The lowest BCUT2D eigenvalue weighted by Crippen LogP contribution is -2.38. The van der Waals surface area contributed by atoms with Crippen molar-refractivity contribution in [3.05, 3.63) is 86.2 Å². The lowest BCUT2D eigenvalue weighted by atomic mass is 10.2. The molecular formula is C18H14ClN3O4. The topological polar surface area (TPSA) is 93.2 Å². The Morgan fingerprint density at radius 3 is 2.58 bits per heavy atom. The van der Waals surface area contributed by atoms with E-state index in [-0.39, 0.29) is 11.3 Å². The monoisotopic (exact) mass is 371 g/mol. The summed E-state index contributed by atoms with van der Waals surface area (Å²) in [4.78, 5) is 39.7. The van der Waals surface area contributed by atoms with E-state index >= 15 is 0 Å². The summed E-state index contributed by atoms with van der Waals surface area (Å²) in [5.41, 5.74) is -0.850. The van der Waals surface area contributed by atoms with Gasteiger partial charge < -0.3 is 15.0 Å². The van der Waals surface area contributed by atoms with Crippen LogP contribution >= 0.6 is 11.6 Å². The van der Waals surface area contributed by atoms with Crippen molar-refractivity contribution in [1.29, 1.82) is 0 Å². The summed E-state index contributed by atoms with van der Waals surface area (Å²) in [5.74, 6) is -0.171. The van der Waals surface area contributed by atoms with Gasteiger partial charge in [0.15, 0.2) is 0 Å². The van der Waals surface area contributed by atoms with Gasteiger partial charge in [0.25, 0.3) is 11.5 Å². The molecule has 0 saturated heterocycles. The van der Waals surface area contributed by atoms with E-state index in [9.17, 15) is 14.4 Å². The third-order valence-corrected chi connectivity index (χ3v) is 3.89. The zero-order valence-electron chi connectivity index (χ0n) is 13.7. The smallest absolute Gasteiger partial charge is 0.333 e. The number of methoxy groups -OCH3 is 1. The molecule has 0 radical (unpaired) electrons. The van der Waals surface area contributed by atoms with E-state index in [0.717, 1.165) is 10.8 Å². The number of aromatic nitrogens is 2. The van der Waals surface area contributed by atoms with Crippen molar-refractivity contribution in [2.24, 2.45) is 0 Å². The molecule has 1 heterocycles. The van der Waals surface area contributed by atoms with Crippen molar-refractivity contribution in [3.8, 4) is 11.4 Å². The lowest BCUT2D eigenvalue weighted by molar-refractivity contribution is 0.102. The Morgan fingerprint density at radius 1 is 1.15 bits per heavy atom. The number of nitrogens with one attached hydrogen (secondary N) is 2. The molecule has 3 rings (SSSR count). The third-order valence-electron chi connectivity index (χ3n) is 3.63. The number of hydrogen-bond donors (Lipinski definition) is 2. The van der Waals surface area contributed by atoms with Gasteiger partial charge in [0.2, 0.25) is 0 Å². The molecule has 2 aromatic carbocycles. The zero-order chi connectivity index (χ0) is 18.7. The average Bonchev–Trinajstić information content (AvgIpc) is 2.64. The fourth-order valence-electron chi connectivity index (χ4n) is 2.35. The van der Waals surface area contributed by atoms with Crippen LogP contribution in [0.1, 0.15) is 10.4 Å². The number of amides is 1. The fraction of sp³-hybridized carbons (Fsp3) is 0.0556. The van der Waals surface area contributed by atoms with E-state index in [4.69, 9.17) is 16.3 Å². The van der Waals surface area contributed by atoms with Gasteiger partial charge in [-0.25, -0.2) is 9.36 Å². The van der Waals surface area contributed by atoms with Gasteiger partial charge in [-0.05, 0) is 36.4 Å². The molecule has 0 bridgehead atoms. The molecule has 0 atom stereocenters. The molecule has 0 aliphatic carbocycles. The van der Waals surface area contributed by atoms with Crippen LogP contribution in [0.4, 0.5) is 5.69 Å². The average molecular weight is 372 g/mol. The second-order valence-corrected chi connectivity index (χ2v) is 5.75. The number of aromatic amines is 1. The minimum absolute atomic E-state index is 0.206. The van der Waals surface area contributed by atoms with Crippen molar-refractivity contribution >= 4 is 23.2 Å². The number of hydrogen-bond acceptors (Lipinski definition) is 4. The highest BCUT2D eigenvalue weighted by atomic mass is 35.5. The number of halogens is 1. The van der Waals surface area contributed by atoms with Gasteiger partial charge in [-0.2, -0.15) is 0 Å². The van der Waals surface area contributed by atoms with Crippen molar-refractivity contribution in [3.63, 3.8) is 0 Å². The minimum atomic E-state index is -0.742. The van der Waals surface area contributed by atoms with Gasteiger partial charge in [0.05, 0.1) is 12.8 Å². The fourth-order valence-corrected chi connectivity index (χ4v) is 2.48. The Morgan fingerprint density at radius 2 is 1.88 bits per heavy atom. The number of rotatable bonds is 4. The Balaban J connectivity index is 2.01. The Hall–Kier alpha value is -3.32. The first-order chi connectivity index (χ1) is 12.5. The van der Waals surface area contributed by atoms with Crippen molar-refractivity contribution in [2.75, 3.05) is 12.4 Å². The van der Waals surface area contributed by atoms with Crippen LogP contribution in [0.15, 0.2) is 64.3 Å². The number of benzene rings is 2. The summed E-state index contributed by atoms with van der Waals surface area (Å²) in [7, 11) is 1.47. The summed E-state index contributed by atoms with van der Waals surface area (Å²) in [5, 5.41) is 3.11. The lowest BCUT2D eigenvalue weighted by Gasteiger charge is -2.09. The maximum absolute atomic E-state index is 12.7. The number of carbonyl (C=O) groups is 1. The maximum Gasteiger partial charge on any atom is 0.333 e. The van der Waals surface area contributed by atoms with Crippen LogP contribution in [-0.2, 0) is 0 Å². The predicted molar refractivity (Wildman–Crippen MR) is 98.6 cm³/mol. The van der Waals surface area contributed by atoms with Crippen molar-refractivity contribution in [1.82, 2.24) is 9.55 Å². The largest absolute Gasteiger partial charge is 0.497 e. The molecule has 8 heteroatoms. The molecule has 1 amide bonds. The van der Waals surface area contributed by atoms with Gasteiger partial charge in [-0.3, -0.25) is 9.59 Å². The van der Waals surface area contributed by atoms with Gasteiger partial charge in [0, 0.05) is 23.0 Å². The Labute approximate surface area is 152 Å². The molecule has 0 aliphatic rings. The second kappa shape index (κ2) is 7.28. The van der Waals surface area contributed by atoms with E-state index in [0.29, 0.717) is 16.5 Å². The van der Waals surface area contributed by atoms with Crippen LogP contribution in [-0.4, -0.2) is 22.6 Å². The van der Waals surface area contributed by atoms with Gasteiger partial charge in [-0.1, -0.05) is 17.7 Å². The summed E-state index contributed by atoms with van der Waals surface area (Å²) in [6.07, 6.45) is 1.09. The van der Waals surface area contributed by atoms with E-state index in [1.165, 1.54) is 13.2 Å². The molecule has 0 aliphatic heterocycles. The SMILES string of the molecule is COc1cccc(-n2c(=O)[nH]cc(C(=O)Nc3ccc(Cl)cc3)c2=O)c1. The molecule has 3 aromatic rings. The molecule has 26 heavy (non-hydrogen) atoms. The highest BCUT2D eigenvalue weighted by Gasteiger charge is 2.16. The van der Waals surface area contributed by atoms with Crippen LogP contribution in [0.5, 0.6) is 5.75 Å². The van der Waals surface area contributed by atoms with Crippen molar-refractivity contribution < 1.29 is 9.53 Å². The van der Waals surface area contributed by atoms with E-state index in [1.54, 1.807) is 42.5 Å². The Kier molecular flexibility index (Phi) is 4.90. The van der Waals surface area contributed by atoms with Crippen LogP contribution < -0.4 is 21.3 Å². The first-order valence-corrected chi connectivity index (χ1v) is 7.93. The van der Waals surface area contributed by atoms with Gasteiger partial charge in [0.1, 0.15) is 11.3 Å². The zero-order valence-corrected chi connectivity index (χ0v) is 14.4. The third kappa shape index (κ3) is 3.52. The highest BCUT2D eigenvalue weighted by Crippen LogP contribution is 2.15.